The number of thiophene rings is 1. The monoisotopic (exact) mass is 346 g/mol. The first kappa shape index (κ1) is 15.8. The molecule has 2 fully saturated rings. The molecule has 2 saturated heterocycles. The molecule has 7 heteroatoms. The van der Waals surface area contributed by atoms with E-state index in [1.54, 1.807) is 17.7 Å². The van der Waals surface area contributed by atoms with Crippen LogP contribution >= 0.6 is 11.3 Å². The van der Waals surface area contributed by atoms with Gasteiger partial charge in [-0.1, -0.05) is 0 Å². The van der Waals surface area contributed by atoms with Crippen LogP contribution in [-0.2, 0) is 9.53 Å². The summed E-state index contributed by atoms with van der Waals surface area (Å²) in [5, 5.41) is 1.17. The Hall–Kier alpha value is -1.73. The normalized spacial score (nSPS) is 21.7. The van der Waals surface area contributed by atoms with Crippen LogP contribution in [0.2, 0.25) is 0 Å². The zero-order valence-corrected chi connectivity index (χ0v) is 14.9. The maximum Gasteiger partial charge on any atom is 0.251 e. The molecule has 1 amide bonds. The number of rotatable bonds is 2. The lowest BCUT2D eigenvalue weighted by molar-refractivity contribution is -0.141. The lowest BCUT2D eigenvalue weighted by Crippen LogP contribution is -2.51. The van der Waals surface area contributed by atoms with Crippen LogP contribution in [0.25, 0.3) is 10.2 Å². The van der Waals surface area contributed by atoms with E-state index in [4.69, 9.17) is 4.74 Å². The predicted octanol–water partition coefficient (Wildman–Crippen LogP) is 2.14. The molecule has 2 aromatic rings. The van der Waals surface area contributed by atoms with Crippen LogP contribution in [0, 0.1) is 13.8 Å². The Balaban J connectivity index is 1.51. The van der Waals surface area contributed by atoms with Crippen molar-refractivity contribution in [3.63, 3.8) is 0 Å². The Bertz CT molecular complexity index is 761. The number of aryl methyl sites for hydroxylation is 2. The fraction of sp³-hybridized carbons (Fsp3) is 0.588. The van der Waals surface area contributed by atoms with Gasteiger partial charge in [0.05, 0.1) is 5.39 Å². The Morgan fingerprint density at radius 2 is 2.04 bits per heavy atom. The van der Waals surface area contributed by atoms with Gasteiger partial charge < -0.3 is 14.5 Å². The quantitative estimate of drug-likeness (QED) is 0.834. The van der Waals surface area contributed by atoms with Crippen molar-refractivity contribution >= 4 is 33.3 Å². The zero-order valence-electron chi connectivity index (χ0n) is 14.1. The number of nitrogens with zero attached hydrogens (tertiary/aromatic N) is 4. The fourth-order valence-corrected chi connectivity index (χ4v) is 4.51. The SMILES string of the molecule is Cc1sc2ncnc(N3CCN(C(=O)[C@H]4CCCO4)CC3)c2c1C. The molecule has 0 aromatic carbocycles. The van der Waals surface area contributed by atoms with Gasteiger partial charge in [0.15, 0.2) is 0 Å². The average Bonchev–Trinajstić information content (AvgIpc) is 3.24. The second kappa shape index (κ2) is 6.29. The van der Waals surface area contributed by atoms with Gasteiger partial charge in [0.1, 0.15) is 23.1 Å². The molecule has 0 radical (unpaired) electrons. The third kappa shape index (κ3) is 2.65. The van der Waals surface area contributed by atoms with Crippen molar-refractivity contribution in [3.05, 3.63) is 16.8 Å². The van der Waals surface area contributed by atoms with E-state index in [-0.39, 0.29) is 12.0 Å². The second-order valence-corrected chi connectivity index (χ2v) is 7.68. The van der Waals surface area contributed by atoms with Gasteiger partial charge in [0, 0.05) is 37.7 Å². The third-order valence-electron chi connectivity index (χ3n) is 5.04. The molecule has 0 aliphatic carbocycles. The summed E-state index contributed by atoms with van der Waals surface area (Å²) < 4.78 is 5.53. The molecule has 0 unspecified atom stereocenters. The van der Waals surface area contributed by atoms with Gasteiger partial charge in [-0.2, -0.15) is 0 Å². The van der Waals surface area contributed by atoms with Crippen molar-refractivity contribution in [2.45, 2.75) is 32.8 Å². The largest absolute Gasteiger partial charge is 0.368 e. The first-order valence-corrected chi connectivity index (χ1v) is 9.33. The number of aromatic nitrogens is 2. The molecule has 24 heavy (non-hydrogen) atoms. The van der Waals surface area contributed by atoms with Crippen LogP contribution in [-0.4, -0.2) is 59.7 Å². The third-order valence-corrected chi connectivity index (χ3v) is 6.16. The van der Waals surface area contributed by atoms with E-state index in [2.05, 4.69) is 28.7 Å². The molecule has 1 atom stereocenters. The molecule has 2 aliphatic rings. The minimum Gasteiger partial charge on any atom is -0.368 e. The molecule has 0 saturated carbocycles. The molecule has 0 bridgehead atoms. The summed E-state index contributed by atoms with van der Waals surface area (Å²) in [6.45, 7) is 8.05. The van der Waals surface area contributed by atoms with Gasteiger partial charge in [-0.05, 0) is 32.3 Å². The first-order chi connectivity index (χ1) is 11.6. The molecule has 128 valence electrons. The Morgan fingerprint density at radius 3 is 2.75 bits per heavy atom. The van der Waals surface area contributed by atoms with E-state index in [1.165, 1.54) is 15.8 Å². The van der Waals surface area contributed by atoms with Gasteiger partial charge in [0.25, 0.3) is 5.91 Å². The Morgan fingerprint density at radius 1 is 1.25 bits per heavy atom. The summed E-state index contributed by atoms with van der Waals surface area (Å²) in [5.41, 5.74) is 1.27. The van der Waals surface area contributed by atoms with Gasteiger partial charge in [0.2, 0.25) is 0 Å². The van der Waals surface area contributed by atoms with E-state index in [1.807, 2.05) is 4.90 Å². The lowest BCUT2D eigenvalue weighted by atomic mass is 10.1. The number of fused-ring (bicyclic) bond motifs is 1. The molecular weight excluding hydrogens is 324 g/mol. The second-order valence-electron chi connectivity index (χ2n) is 6.47. The smallest absolute Gasteiger partial charge is 0.251 e. The summed E-state index contributed by atoms with van der Waals surface area (Å²) in [6, 6.07) is 0. The van der Waals surface area contributed by atoms with E-state index in [9.17, 15) is 4.79 Å². The lowest BCUT2D eigenvalue weighted by Gasteiger charge is -2.36. The minimum atomic E-state index is -0.218. The number of amides is 1. The van der Waals surface area contributed by atoms with Crippen LogP contribution in [0.15, 0.2) is 6.33 Å². The topological polar surface area (TPSA) is 58.6 Å². The summed E-state index contributed by atoms with van der Waals surface area (Å²) in [7, 11) is 0. The maximum absolute atomic E-state index is 12.5. The van der Waals surface area contributed by atoms with E-state index >= 15 is 0 Å². The van der Waals surface area contributed by atoms with Crippen molar-refractivity contribution in [1.82, 2.24) is 14.9 Å². The first-order valence-electron chi connectivity index (χ1n) is 8.51. The Labute approximate surface area is 145 Å². The van der Waals surface area contributed by atoms with Crippen LogP contribution in [0.4, 0.5) is 5.82 Å². The number of ether oxygens (including phenoxy) is 1. The minimum absolute atomic E-state index is 0.155. The number of hydrogen-bond donors (Lipinski definition) is 0. The van der Waals surface area contributed by atoms with Crippen LogP contribution in [0.3, 0.4) is 0 Å². The highest BCUT2D eigenvalue weighted by atomic mass is 32.1. The molecule has 4 rings (SSSR count). The van der Waals surface area contributed by atoms with Gasteiger partial charge in [-0.3, -0.25) is 4.79 Å². The van der Waals surface area contributed by atoms with Crippen molar-refractivity contribution in [2.24, 2.45) is 0 Å². The van der Waals surface area contributed by atoms with Crippen LogP contribution < -0.4 is 4.90 Å². The van der Waals surface area contributed by atoms with Crippen LogP contribution in [0.5, 0.6) is 0 Å². The van der Waals surface area contributed by atoms with Gasteiger partial charge >= 0.3 is 0 Å². The average molecular weight is 346 g/mol. The molecule has 0 N–H and O–H groups in total. The standard InChI is InChI=1S/C17H22N4O2S/c1-11-12(2)24-16-14(11)15(18-10-19-16)20-5-7-21(8-6-20)17(22)13-4-3-9-23-13/h10,13H,3-9H2,1-2H3/t13-/m1/s1. The molecular formula is C17H22N4O2S. The fourth-order valence-electron chi connectivity index (χ4n) is 3.52. The summed E-state index contributed by atoms with van der Waals surface area (Å²) in [6.07, 6.45) is 3.28. The molecule has 4 heterocycles. The number of carbonyl (C=O) groups excluding carboxylic acids is 1. The number of piperazine rings is 1. The molecule has 0 spiro atoms. The van der Waals surface area contributed by atoms with Gasteiger partial charge in [-0.25, -0.2) is 9.97 Å². The number of hydrogen-bond acceptors (Lipinski definition) is 6. The molecule has 2 aliphatic heterocycles. The summed E-state index contributed by atoms with van der Waals surface area (Å²) in [5.74, 6) is 1.16. The van der Waals surface area contributed by atoms with E-state index in [0.717, 1.165) is 49.7 Å². The highest BCUT2D eigenvalue weighted by Gasteiger charge is 2.31. The highest BCUT2D eigenvalue weighted by Crippen LogP contribution is 2.34. The van der Waals surface area contributed by atoms with Crippen molar-refractivity contribution in [1.29, 1.82) is 0 Å². The summed E-state index contributed by atoms with van der Waals surface area (Å²) in [4.78, 5) is 28.0. The van der Waals surface area contributed by atoms with Crippen molar-refractivity contribution < 1.29 is 9.53 Å². The predicted molar refractivity (Wildman–Crippen MR) is 94.7 cm³/mol. The van der Waals surface area contributed by atoms with E-state index < -0.39 is 0 Å². The maximum atomic E-state index is 12.5. The zero-order chi connectivity index (χ0) is 16.7. The summed E-state index contributed by atoms with van der Waals surface area (Å²) >= 11 is 1.72. The van der Waals surface area contributed by atoms with Crippen LogP contribution in [0.1, 0.15) is 23.3 Å². The van der Waals surface area contributed by atoms with Crippen molar-refractivity contribution in [2.75, 3.05) is 37.7 Å². The molecule has 2 aromatic heterocycles. The number of carbonyl (C=O) groups is 1. The molecule has 6 nitrogen and oxygen atoms in total. The highest BCUT2D eigenvalue weighted by molar-refractivity contribution is 7.18. The van der Waals surface area contributed by atoms with E-state index in [0.29, 0.717) is 6.61 Å². The van der Waals surface area contributed by atoms with Gasteiger partial charge in [-0.15, -0.1) is 11.3 Å². The van der Waals surface area contributed by atoms with Crippen molar-refractivity contribution in [3.8, 4) is 0 Å². The number of anilines is 1. The Kier molecular flexibility index (Phi) is 4.14.